The topological polar surface area (TPSA) is 54.8 Å². The Labute approximate surface area is 183 Å². The SMILES string of the molecule is O=C1/C(=C/c2cccc(Oc3ccccc3)c2)N=C(c2ccccc2)N1c1nccs1. The molecular weight excluding hydrogens is 406 g/mol. The fourth-order valence-corrected chi connectivity index (χ4v) is 3.89. The van der Waals surface area contributed by atoms with Gasteiger partial charge in [-0.15, -0.1) is 11.3 Å². The quantitative estimate of drug-likeness (QED) is 0.383. The predicted octanol–water partition coefficient (Wildman–Crippen LogP) is 5.77. The van der Waals surface area contributed by atoms with Crippen LogP contribution in [-0.2, 0) is 4.79 Å². The van der Waals surface area contributed by atoms with Crippen molar-refractivity contribution < 1.29 is 9.53 Å². The third-order valence-corrected chi connectivity index (χ3v) is 5.40. The minimum atomic E-state index is -0.205. The fraction of sp³-hybridized carbons (Fsp3) is 0. The van der Waals surface area contributed by atoms with Crippen molar-refractivity contribution in [3.05, 3.63) is 113 Å². The fourth-order valence-electron chi connectivity index (χ4n) is 3.25. The van der Waals surface area contributed by atoms with E-state index in [1.807, 2.05) is 90.3 Å². The van der Waals surface area contributed by atoms with Crippen LogP contribution in [0.3, 0.4) is 0 Å². The molecule has 0 aliphatic carbocycles. The van der Waals surface area contributed by atoms with Crippen LogP contribution in [0.4, 0.5) is 5.13 Å². The summed E-state index contributed by atoms with van der Waals surface area (Å²) in [6.07, 6.45) is 3.46. The Hall–Kier alpha value is -4.03. The molecule has 0 unspecified atom stereocenters. The third-order valence-electron chi connectivity index (χ3n) is 4.64. The zero-order chi connectivity index (χ0) is 21.0. The molecule has 0 saturated carbocycles. The molecule has 0 N–H and O–H groups in total. The maximum absolute atomic E-state index is 13.2. The van der Waals surface area contributed by atoms with Crippen LogP contribution in [0.1, 0.15) is 11.1 Å². The molecule has 4 aromatic rings. The molecule has 0 bridgehead atoms. The maximum atomic E-state index is 13.2. The van der Waals surface area contributed by atoms with Crippen LogP contribution in [-0.4, -0.2) is 16.7 Å². The average molecular weight is 423 g/mol. The number of benzene rings is 3. The van der Waals surface area contributed by atoms with Gasteiger partial charge < -0.3 is 4.74 Å². The number of thiazole rings is 1. The van der Waals surface area contributed by atoms with Crippen molar-refractivity contribution in [2.24, 2.45) is 4.99 Å². The van der Waals surface area contributed by atoms with Gasteiger partial charge in [-0.3, -0.25) is 4.79 Å². The summed E-state index contributed by atoms with van der Waals surface area (Å²) in [7, 11) is 0. The third kappa shape index (κ3) is 4.01. The van der Waals surface area contributed by atoms with Gasteiger partial charge in [0, 0.05) is 17.1 Å². The van der Waals surface area contributed by atoms with Gasteiger partial charge in [-0.2, -0.15) is 0 Å². The molecule has 0 fully saturated rings. The van der Waals surface area contributed by atoms with E-state index in [1.165, 1.54) is 11.3 Å². The lowest BCUT2D eigenvalue weighted by Gasteiger charge is -2.14. The van der Waals surface area contributed by atoms with Crippen LogP contribution in [0, 0.1) is 0 Å². The first-order valence-corrected chi connectivity index (χ1v) is 10.6. The summed E-state index contributed by atoms with van der Waals surface area (Å²) in [5.74, 6) is 1.81. The Morgan fingerprint density at radius 1 is 0.871 bits per heavy atom. The number of hydrogen-bond donors (Lipinski definition) is 0. The number of ether oxygens (including phenoxy) is 1. The molecule has 0 atom stereocenters. The van der Waals surface area contributed by atoms with Crippen molar-refractivity contribution in [2.45, 2.75) is 0 Å². The molecule has 0 saturated heterocycles. The lowest BCUT2D eigenvalue weighted by molar-refractivity contribution is -0.113. The van der Waals surface area contributed by atoms with Crippen LogP contribution in [0.25, 0.3) is 6.08 Å². The van der Waals surface area contributed by atoms with Gasteiger partial charge in [-0.25, -0.2) is 14.9 Å². The maximum Gasteiger partial charge on any atom is 0.284 e. The number of amides is 1. The molecule has 1 aliphatic heterocycles. The Bertz CT molecular complexity index is 1270. The Kier molecular flexibility index (Phi) is 5.12. The highest BCUT2D eigenvalue weighted by atomic mass is 32.1. The molecule has 1 aromatic heterocycles. The summed E-state index contributed by atoms with van der Waals surface area (Å²) in [5, 5.41) is 2.44. The number of para-hydroxylation sites is 1. The van der Waals surface area contributed by atoms with Crippen molar-refractivity contribution in [1.82, 2.24) is 4.98 Å². The standard InChI is InChI=1S/C25H17N3O2S/c29-24-22(17-18-8-7-13-21(16-18)30-20-11-5-2-6-12-20)27-23(19-9-3-1-4-10-19)28(24)25-26-14-15-31-25/h1-17H/b22-17-. The van der Waals surface area contributed by atoms with Crippen LogP contribution < -0.4 is 9.64 Å². The number of nitrogens with zero attached hydrogens (tertiary/aromatic N) is 3. The molecule has 5 rings (SSSR count). The number of aromatic nitrogens is 1. The molecule has 1 amide bonds. The number of carbonyl (C=O) groups is 1. The number of carbonyl (C=O) groups excluding carboxylic acids is 1. The van der Waals surface area contributed by atoms with Gasteiger partial charge in [0.25, 0.3) is 5.91 Å². The molecule has 5 nitrogen and oxygen atoms in total. The number of hydrogen-bond acceptors (Lipinski definition) is 5. The first-order valence-electron chi connectivity index (χ1n) is 9.71. The van der Waals surface area contributed by atoms with Gasteiger partial charge >= 0.3 is 0 Å². The van der Waals surface area contributed by atoms with E-state index in [4.69, 9.17) is 4.74 Å². The minimum Gasteiger partial charge on any atom is -0.457 e. The van der Waals surface area contributed by atoms with Crippen molar-refractivity contribution >= 4 is 34.3 Å². The van der Waals surface area contributed by atoms with Gasteiger partial charge in [0.2, 0.25) is 0 Å². The van der Waals surface area contributed by atoms with E-state index >= 15 is 0 Å². The summed E-state index contributed by atoms with van der Waals surface area (Å²) in [6, 6.07) is 26.8. The zero-order valence-electron chi connectivity index (χ0n) is 16.4. The molecule has 31 heavy (non-hydrogen) atoms. The second-order valence-corrected chi connectivity index (χ2v) is 7.65. The number of rotatable bonds is 5. The van der Waals surface area contributed by atoms with Gasteiger partial charge in [0.1, 0.15) is 23.0 Å². The Morgan fingerprint density at radius 3 is 2.35 bits per heavy atom. The van der Waals surface area contributed by atoms with E-state index in [0.717, 1.165) is 16.9 Å². The summed E-state index contributed by atoms with van der Waals surface area (Å²) in [6.45, 7) is 0. The lowest BCUT2D eigenvalue weighted by Crippen LogP contribution is -2.32. The Morgan fingerprint density at radius 2 is 1.61 bits per heavy atom. The van der Waals surface area contributed by atoms with E-state index in [2.05, 4.69) is 9.98 Å². The van der Waals surface area contributed by atoms with Gasteiger partial charge in [0.05, 0.1) is 0 Å². The van der Waals surface area contributed by atoms with Gasteiger partial charge in [0.15, 0.2) is 5.13 Å². The van der Waals surface area contributed by atoms with E-state index in [-0.39, 0.29) is 5.91 Å². The van der Waals surface area contributed by atoms with Crippen molar-refractivity contribution in [3.8, 4) is 11.5 Å². The Balaban J connectivity index is 1.50. The van der Waals surface area contributed by atoms with Crippen molar-refractivity contribution in [2.75, 3.05) is 4.90 Å². The number of aliphatic imine (C=N–C) groups is 1. The van der Waals surface area contributed by atoms with Gasteiger partial charge in [-0.05, 0) is 35.9 Å². The van der Waals surface area contributed by atoms with Crippen LogP contribution in [0.2, 0.25) is 0 Å². The molecule has 2 heterocycles. The molecule has 0 spiro atoms. The molecule has 0 radical (unpaired) electrons. The summed E-state index contributed by atoms with van der Waals surface area (Å²) in [4.78, 5) is 23.8. The second kappa shape index (κ2) is 8.38. The normalized spacial score (nSPS) is 14.7. The smallest absolute Gasteiger partial charge is 0.284 e. The molecule has 1 aliphatic rings. The predicted molar refractivity (Wildman–Crippen MR) is 124 cm³/mol. The van der Waals surface area contributed by atoms with Crippen LogP contribution in [0.15, 0.2) is 107 Å². The highest BCUT2D eigenvalue weighted by Crippen LogP contribution is 2.30. The highest BCUT2D eigenvalue weighted by molar-refractivity contribution is 7.14. The summed E-state index contributed by atoms with van der Waals surface area (Å²) < 4.78 is 5.91. The van der Waals surface area contributed by atoms with E-state index in [9.17, 15) is 4.79 Å². The monoisotopic (exact) mass is 423 g/mol. The summed E-state index contributed by atoms with van der Waals surface area (Å²) in [5.41, 5.74) is 2.04. The van der Waals surface area contributed by atoms with Gasteiger partial charge in [-0.1, -0.05) is 60.7 Å². The zero-order valence-corrected chi connectivity index (χ0v) is 17.2. The van der Waals surface area contributed by atoms with E-state index < -0.39 is 0 Å². The molecular formula is C25H17N3O2S. The second-order valence-electron chi connectivity index (χ2n) is 6.77. The van der Waals surface area contributed by atoms with Crippen molar-refractivity contribution in [1.29, 1.82) is 0 Å². The lowest BCUT2D eigenvalue weighted by atomic mass is 10.2. The minimum absolute atomic E-state index is 0.205. The average Bonchev–Trinajstić information content (AvgIpc) is 3.44. The number of anilines is 1. The van der Waals surface area contributed by atoms with Crippen LogP contribution >= 0.6 is 11.3 Å². The largest absolute Gasteiger partial charge is 0.457 e. The molecule has 6 heteroatoms. The molecule has 150 valence electrons. The number of amidine groups is 1. The first kappa shape index (κ1) is 19.0. The highest BCUT2D eigenvalue weighted by Gasteiger charge is 2.33. The van der Waals surface area contributed by atoms with Crippen molar-refractivity contribution in [3.63, 3.8) is 0 Å². The van der Waals surface area contributed by atoms with E-state index in [1.54, 1.807) is 17.2 Å². The first-order chi connectivity index (χ1) is 15.3. The summed E-state index contributed by atoms with van der Waals surface area (Å²) >= 11 is 1.40. The van der Waals surface area contributed by atoms with E-state index in [0.29, 0.717) is 22.4 Å². The molecule has 3 aromatic carbocycles. The van der Waals surface area contributed by atoms with Crippen LogP contribution in [0.5, 0.6) is 11.5 Å².